The van der Waals surface area contributed by atoms with Crippen molar-refractivity contribution in [3.63, 3.8) is 0 Å². The summed E-state index contributed by atoms with van der Waals surface area (Å²) in [6, 6.07) is 6.58. The third-order valence-electron chi connectivity index (χ3n) is 5.21. The van der Waals surface area contributed by atoms with Crippen molar-refractivity contribution in [2.75, 3.05) is 45.8 Å². The molecule has 0 spiro atoms. The van der Waals surface area contributed by atoms with Crippen LogP contribution in [-0.4, -0.2) is 78.4 Å². The quantitative estimate of drug-likeness (QED) is 0.695. The number of rotatable bonds is 9. The maximum Gasteiger partial charge on any atom is 0.237 e. The van der Waals surface area contributed by atoms with Gasteiger partial charge in [0.2, 0.25) is 11.8 Å². The minimum absolute atomic E-state index is 0.0507. The van der Waals surface area contributed by atoms with Crippen molar-refractivity contribution in [1.82, 2.24) is 20.0 Å². The van der Waals surface area contributed by atoms with Crippen LogP contribution in [0.4, 0.5) is 4.39 Å². The van der Waals surface area contributed by atoms with Gasteiger partial charge in [0.1, 0.15) is 5.82 Å². The van der Waals surface area contributed by atoms with E-state index >= 15 is 0 Å². The van der Waals surface area contributed by atoms with E-state index in [9.17, 15) is 14.0 Å². The zero-order chi connectivity index (χ0) is 20.5. The molecule has 1 fully saturated rings. The van der Waals surface area contributed by atoms with Crippen LogP contribution in [0.15, 0.2) is 24.3 Å². The number of piperazine rings is 1. The first-order chi connectivity index (χ1) is 13.4. The van der Waals surface area contributed by atoms with Crippen LogP contribution in [0.2, 0.25) is 0 Å². The maximum atomic E-state index is 13.4. The van der Waals surface area contributed by atoms with Gasteiger partial charge in [0.15, 0.2) is 0 Å². The molecule has 0 bridgehead atoms. The van der Waals surface area contributed by atoms with Crippen molar-refractivity contribution >= 4 is 11.8 Å². The fourth-order valence-corrected chi connectivity index (χ4v) is 3.25. The second kappa shape index (κ2) is 11.1. The first-order valence-corrected chi connectivity index (χ1v) is 10.2. The fraction of sp³-hybridized carbons (Fsp3) is 0.619. The molecule has 1 N–H and O–H groups in total. The van der Waals surface area contributed by atoms with Gasteiger partial charge >= 0.3 is 0 Å². The van der Waals surface area contributed by atoms with Gasteiger partial charge in [-0.15, -0.1) is 0 Å². The van der Waals surface area contributed by atoms with Gasteiger partial charge < -0.3 is 10.2 Å². The monoisotopic (exact) mass is 392 g/mol. The number of halogens is 1. The third kappa shape index (κ3) is 7.20. The molecular weight excluding hydrogens is 359 g/mol. The van der Waals surface area contributed by atoms with E-state index < -0.39 is 0 Å². The zero-order valence-electron chi connectivity index (χ0n) is 17.3. The van der Waals surface area contributed by atoms with Crippen LogP contribution < -0.4 is 5.32 Å². The molecular formula is C21H33FN4O2. The smallest absolute Gasteiger partial charge is 0.237 e. The molecule has 1 heterocycles. The molecule has 1 aliphatic heterocycles. The van der Waals surface area contributed by atoms with Crippen LogP contribution in [0.1, 0.15) is 32.8 Å². The van der Waals surface area contributed by atoms with Crippen molar-refractivity contribution in [1.29, 1.82) is 0 Å². The Morgan fingerprint density at radius 2 is 1.79 bits per heavy atom. The average molecular weight is 393 g/mol. The molecule has 0 aromatic heterocycles. The second-order valence-electron chi connectivity index (χ2n) is 7.47. The molecule has 6 nitrogen and oxygen atoms in total. The predicted molar refractivity (Wildman–Crippen MR) is 108 cm³/mol. The zero-order valence-corrected chi connectivity index (χ0v) is 17.3. The number of amides is 2. The van der Waals surface area contributed by atoms with Gasteiger partial charge in [0, 0.05) is 45.3 Å². The highest BCUT2D eigenvalue weighted by molar-refractivity contribution is 5.79. The number of nitrogens with one attached hydrogen (secondary N) is 1. The van der Waals surface area contributed by atoms with E-state index in [1.165, 1.54) is 12.1 Å². The Morgan fingerprint density at radius 3 is 2.36 bits per heavy atom. The number of carbonyl (C=O) groups excluding carboxylic acids is 2. The first kappa shape index (κ1) is 22.3. The third-order valence-corrected chi connectivity index (χ3v) is 5.21. The standard InChI is InChI=1S/C21H33FN4O2/c1-4-17(3)23-20(27)15-24-9-11-25(12-10-24)16-21(28)26(5-2)14-18-7-6-8-19(22)13-18/h6-8,13,17H,4-5,9-12,14-16H2,1-3H3,(H,23,27). The molecule has 1 aliphatic rings. The lowest BCUT2D eigenvalue weighted by Gasteiger charge is -2.35. The van der Waals surface area contributed by atoms with Gasteiger partial charge in [-0.05, 0) is 38.0 Å². The Morgan fingerprint density at radius 1 is 1.14 bits per heavy atom. The van der Waals surface area contributed by atoms with E-state index in [1.807, 2.05) is 19.9 Å². The largest absolute Gasteiger partial charge is 0.353 e. The number of likely N-dealkylation sites (N-methyl/N-ethyl adjacent to an activating group) is 1. The lowest BCUT2D eigenvalue weighted by molar-refractivity contribution is -0.133. The normalized spacial score (nSPS) is 16.6. The van der Waals surface area contributed by atoms with Crippen molar-refractivity contribution in [3.8, 4) is 0 Å². The summed E-state index contributed by atoms with van der Waals surface area (Å²) < 4.78 is 13.4. The molecule has 0 aliphatic carbocycles. The molecule has 7 heteroatoms. The number of hydrogen-bond donors (Lipinski definition) is 1. The van der Waals surface area contributed by atoms with Crippen molar-refractivity contribution < 1.29 is 14.0 Å². The molecule has 2 amide bonds. The average Bonchev–Trinajstić information content (AvgIpc) is 2.67. The van der Waals surface area contributed by atoms with Crippen LogP contribution in [0.3, 0.4) is 0 Å². The number of carbonyl (C=O) groups is 2. The lowest BCUT2D eigenvalue weighted by Crippen LogP contribution is -2.52. The summed E-state index contributed by atoms with van der Waals surface area (Å²) in [5.74, 6) is -0.171. The topological polar surface area (TPSA) is 55.9 Å². The van der Waals surface area contributed by atoms with Crippen LogP contribution >= 0.6 is 0 Å². The number of benzene rings is 1. The van der Waals surface area contributed by atoms with Crippen molar-refractivity contribution in [2.24, 2.45) is 0 Å². The van der Waals surface area contributed by atoms with Crippen LogP contribution in [0, 0.1) is 5.82 Å². The minimum Gasteiger partial charge on any atom is -0.353 e. The van der Waals surface area contributed by atoms with Gasteiger partial charge in [-0.3, -0.25) is 19.4 Å². The van der Waals surface area contributed by atoms with Gasteiger partial charge in [0.25, 0.3) is 0 Å². The first-order valence-electron chi connectivity index (χ1n) is 10.2. The summed E-state index contributed by atoms with van der Waals surface area (Å²) >= 11 is 0. The van der Waals surface area contributed by atoms with E-state index in [4.69, 9.17) is 0 Å². The predicted octanol–water partition coefficient (Wildman–Crippen LogP) is 1.71. The molecule has 2 rings (SSSR count). The Balaban J connectivity index is 1.76. The Bertz CT molecular complexity index is 647. The number of nitrogens with zero attached hydrogens (tertiary/aromatic N) is 3. The summed E-state index contributed by atoms with van der Waals surface area (Å²) in [5, 5.41) is 2.99. The molecule has 1 aromatic carbocycles. The molecule has 1 aromatic rings. The Kier molecular flexibility index (Phi) is 8.86. The maximum absolute atomic E-state index is 13.4. The SMILES string of the molecule is CCC(C)NC(=O)CN1CCN(CC(=O)N(CC)Cc2cccc(F)c2)CC1. The lowest BCUT2D eigenvalue weighted by atomic mass is 10.2. The highest BCUT2D eigenvalue weighted by Crippen LogP contribution is 2.09. The van der Waals surface area contributed by atoms with E-state index in [2.05, 4.69) is 22.0 Å². The van der Waals surface area contributed by atoms with Crippen LogP contribution in [-0.2, 0) is 16.1 Å². The summed E-state index contributed by atoms with van der Waals surface area (Å²) in [6.07, 6.45) is 0.922. The Hall–Kier alpha value is -1.99. The molecule has 1 unspecified atom stereocenters. The van der Waals surface area contributed by atoms with Crippen molar-refractivity contribution in [3.05, 3.63) is 35.6 Å². The highest BCUT2D eigenvalue weighted by atomic mass is 19.1. The van der Waals surface area contributed by atoms with E-state index in [0.29, 0.717) is 26.2 Å². The van der Waals surface area contributed by atoms with Gasteiger partial charge in [-0.2, -0.15) is 0 Å². The molecule has 0 saturated carbocycles. The highest BCUT2D eigenvalue weighted by Gasteiger charge is 2.22. The molecule has 1 atom stereocenters. The van der Waals surface area contributed by atoms with Gasteiger partial charge in [-0.1, -0.05) is 19.1 Å². The summed E-state index contributed by atoms with van der Waals surface area (Å²) in [6.45, 7) is 10.8. The molecule has 1 saturated heterocycles. The van der Waals surface area contributed by atoms with E-state index in [0.717, 1.165) is 38.2 Å². The molecule has 28 heavy (non-hydrogen) atoms. The summed E-state index contributed by atoms with van der Waals surface area (Å²) in [5.41, 5.74) is 0.798. The number of hydrogen-bond acceptors (Lipinski definition) is 4. The summed E-state index contributed by atoms with van der Waals surface area (Å²) in [4.78, 5) is 30.7. The molecule has 156 valence electrons. The van der Waals surface area contributed by atoms with Gasteiger partial charge in [0.05, 0.1) is 13.1 Å². The summed E-state index contributed by atoms with van der Waals surface area (Å²) in [7, 11) is 0. The van der Waals surface area contributed by atoms with E-state index in [-0.39, 0.29) is 23.7 Å². The minimum atomic E-state index is -0.283. The van der Waals surface area contributed by atoms with E-state index in [1.54, 1.807) is 11.0 Å². The fourth-order valence-electron chi connectivity index (χ4n) is 3.25. The molecule has 0 radical (unpaired) electrons. The second-order valence-corrected chi connectivity index (χ2v) is 7.47. The van der Waals surface area contributed by atoms with Crippen molar-refractivity contribution in [2.45, 2.75) is 39.8 Å². The van der Waals surface area contributed by atoms with Gasteiger partial charge in [-0.25, -0.2) is 4.39 Å². The van der Waals surface area contributed by atoms with Crippen LogP contribution in [0.5, 0.6) is 0 Å². The van der Waals surface area contributed by atoms with Crippen LogP contribution in [0.25, 0.3) is 0 Å². The Labute approximate surface area is 167 Å².